The number of ether oxygens (including phenoxy) is 1. The van der Waals surface area contributed by atoms with E-state index in [0.717, 1.165) is 23.3 Å². The maximum atomic E-state index is 11.4. The van der Waals surface area contributed by atoms with Crippen LogP contribution in [0.3, 0.4) is 0 Å². The second-order valence-corrected chi connectivity index (χ2v) is 4.52. The molecule has 4 heteroatoms. The van der Waals surface area contributed by atoms with Crippen LogP contribution in [-0.2, 0) is 16.0 Å². The van der Waals surface area contributed by atoms with Gasteiger partial charge in [-0.15, -0.1) is 0 Å². The maximum absolute atomic E-state index is 11.4. The van der Waals surface area contributed by atoms with E-state index in [1.807, 2.05) is 38.1 Å². The Kier molecular flexibility index (Phi) is 3.97. The topological polar surface area (TPSA) is 55.0 Å². The summed E-state index contributed by atoms with van der Waals surface area (Å²) < 4.78 is 4.94. The van der Waals surface area contributed by atoms with Crippen molar-refractivity contribution in [3.63, 3.8) is 0 Å². The summed E-state index contributed by atoms with van der Waals surface area (Å²) in [6, 6.07) is 7.93. The Morgan fingerprint density at radius 1 is 1.44 bits per heavy atom. The van der Waals surface area contributed by atoms with Gasteiger partial charge in [0.2, 0.25) is 0 Å². The zero-order chi connectivity index (χ0) is 13.0. The molecule has 1 aromatic heterocycles. The molecule has 0 fully saturated rings. The summed E-state index contributed by atoms with van der Waals surface area (Å²) in [5, 5.41) is 0. The van der Waals surface area contributed by atoms with E-state index < -0.39 is 0 Å². The van der Waals surface area contributed by atoms with Crippen LogP contribution >= 0.6 is 0 Å². The number of benzene rings is 1. The van der Waals surface area contributed by atoms with Crippen LogP contribution < -0.4 is 0 Å². The average molecular weight is 246 g/mol. The normalized spacial score (nSPS) is 12.6. The minimum atomic E-state index is -0.138. The van der Waals surface area contributed by atoms with Gasteiger partial charge in [-0.25, -0.2) is 4.98 Å². The summed E-state index contributed by atoms with van der Waals surface area (Å²) in [5.74, 6) is 1.01. The molecule has 1 aromatic carbocycles. The van der Waals surface area contributed by atoms with Crippen molar-refractivity contribution in [1.82, 2.24) is 9.97 Å². The van der Waals surface area contributed by atoms with E-state index in [2.05, 4.69) is 9.97 Å². The number of nitrogens with one attached hydrogen (secondary N) is 1. The molecule has 2 aromatic rings. The summed E-state index contributed by atoms with van der Waals surface area (Å²) in [4.78, 5) is 19.1. The molecule has 0 spiro atoms. The fourth-order valence-corrected chi connectivity index (χ4v) is 2.01. The van der Waals surface area contributed by atoms with Gasteiger partial charge in [-0.1, -0.05) is 19.1 Å². The molecule has 0 aliphatic heterocycles. The molecule has 0 radical (unpaired) electrons. The molecule has 0 bridgehead atoms. The van der Waals surface area contributed by atoms with Gasteiger partial charge in [-0.2, -0.15) is 0 Å². The lowest BCUT2D eigenvalue weighted by molar-refractivity contribution is -0.144. The molecule has 0 amide bonds. The van der Waals surface area contributed by atoms with Crippen LogP contribution in [0.2, 0.25) is 0 Å². The molecule has 1 N–H and O–H groups in total. The fraction of sp³-hybridized carbons (Fsp3) is 0.429. The van der Waals surface area contributed by atoms with Gasteiger partial charge in [0.1, 0.15) is 5.82 Å². The molecule has 0 aliphatic carbocycles. The number of hydrogen-bond donors (Lipinski definition) is 1. The van der Waals surface area contributed by atoms with Crippen LogP contribution in [0.1, 0.15) is 26.1 Å². The lowest BCUT2D eigenvalue weighted by Gasteiger charge is -2.08. The highest BCUT2D eigenvalue weighted by molar-refractivity contribution is 5.74. The third-order valence-electron chi connectivity index (χ3n) is 2.80. The molecular formula is C14H18N2O2. The van der Waals surface area contributed by atoms with E-state index in [9.17, 15) is 4.79 Å². The number of fused-ring (bicyclic) bond motifs is 1. The van der Waals surface area contributed by atoms with Gasteiger partial charge in [0, 0.05) is 12.8 Å². The Morgan fingerprint density at radius 3 is 2.94 bits per heavy atom. The average Bonchev–Trinajstić information content (AvgIpc) is 2.70. The Bertz CT molecular complexity index is 500. The van der Waals surface area contributed by atoms with Crippen molar-refractivity contribution in [2.75, 3.05) is 6.61 Å². The predicted octanol–water partition coefficient (Wildman–Crippen LogP) is 2.69. The molecule has 1 heterocycles. The third-order valence-corrected chi connectivity index (χ3v) is 2.80. The lowest BCUT2D eigenvalue weighted by Crippen LogP contribution is -2.11. The highest BCUT2D eigenvalue weighted by Gasteiger charge is 2.12. The van der Waals surface area contributed by atoms with E-state index in [1.54, 1.807) is 0 Å². The Morgan fingerprint density at radius 2 is 2.22 bits per heavy atom. The molecule has 96 valence electrons. The second kappa shape index (κ2) is 5.67. The molecular weight excluding hydrogens is 228 g/mol. The van der Waals surface area contributed by atoms with Gasteiger partial charge in [-0.3, -0.25) is 4.79 Å². The van der Waals surface area contributed by atoms with E-state index in [-0.39, 0.29) is 11.9 Å². The highest BCUT2D eigenvalue weighted by atomic mass is 16.5. The smallest absolute Gasteiger partial charge is 0.306 e. The first-order valence-corrected chi connectivity index (χ1v) is 6.28. The zero-order valence-corrected chi connectivity index (χ0v) is 10.8. The van der Waals surface area contributed by atoms with Gasteiger partial charge in [0.05, 0.1) is 17.6 Å². The van der Waals surface area contributed by atoms with Crippen molar-refractivity contribution < 1.29 is 9.53 Å². The highest BCUT2D eigenvalue weighted by Crippen LogP contribution is 2.15. The van der Waals surface area contributed by atoms with Crippen molar-refractivity contribution in [2.45, 2.75) is 26.7 Å². The first-order valence-electron chi connectivity index (χ1n) is 6.28. The van der Waals surface area contributed by atoms with E-state index in [0.29, 0.717) is 13.0 Å². The minimum Gasteiger partial charge on any atom is -0.466 e. The van der Waals surface area contributed by atoms with Crippen molar-refractivity contribution in [3.8, 4) is 0 Å². The van der Waals surface area contributed by atoms with Crippen LogP contribution in [0.15, 0.2) is 24.3 Å². The summed E-state index contributed by atoms with van der Waals surface area (Å²) in [5.41, 5.74) is 2.01. The van der Waals surface area contributed by atoms with Gasteiger partial charge in [-0.05, 0) is 25.0 Å². The molecule has 2 rings (SSSR count). The molecule has 0 saturated heterocycles. The number of aromatic amines is 1. The summed E-state index contributed by atoms with van der Waals surface area (Å²) in [7, 11) is 0. The van der Waals surface area contributed by atoms with Crippen LogP contribution in [0.25, 0.3) is 11.0 Å². The first kappa shape index (κ1) is 12.6. The molecule has 4 nitrogen and oxygen atoms in total. The zero-order valence-electron chi connectivity index (χ0n) is 10.8. The van der Waals surface area contributed by atoms with E-state index in [4.69, 9.17) is 4.74 Å². The van der Waals surface area contributed by atoms with E-state index >= 15 is 0 Å². The molecule has 0 aliphatic rings. The van der Waals surface area contributed by atoms with Crippen molar-refractivity contribution in [3.05, 3.63) is 30.1 Å². The predicted molar refractivity (Wildman–Crippen MR) is 70.2 cm³/mol. The van der Waals surface area contributed by atoms with Crippen molar-refractivity contribution >= 4 is 17.0 Å². The van der Waals surface area contributed by atoms with Crippen LogP contribution in [0.5, 0.6) is 0 Å². The monoisotopic (exact) mass is 246 g/mol. The number of hydrogen-bond acceptors (Lipinski definition) is 3. The van der Waals surface area contributed by atoms with Gasteiger partial charge < -0.3 is 9.72 Å². The Hall–Kier alpha value is -1.84. The second-order valence-electron chi connectivity index (χ2n) is 4.52. The van der Waals surface area contributed by atoms with E-state index in [1.165, 1.54) is 0 Å². The summed E-state index contributed by atoms with van der Waals surface area (Å²) in [6.07, 6.45) is 1.19. The number of carbonyl (C=O) groups excluding carboxylic acids is 1. The van der Waals surface area contributed by atoms with Crippen LogP contribution in [0.4, 0.5) is 0 Å². The van der Waals surface area contributed by atoms with Gasteiger partial charge in [0.25, 0.3) is 0 Å². The minimum absolute atomic E-state index is 0.138. The number of imidazole rings is 1. The van der Waals surface area contributed by atoms with Crippen LogP contribution in [-0.4, -0.2) is 22.5 Å². The first-order chi connectivity index (χ1) is 8.69. The standard InChI is InChI=1S/C14H18N2O2/c1-3-18-14(17)9-10(2)8-13-15-11-6-4-5-7-12(11)16-13/h4-7,10H,3,8-9H2,1-2H3,(H,15,16)/t10-/m1/s1. The number of H-pyrrole nitrogens is 1. The van der Waals surface area contributed by atoms with Crippen LogP contribution in [0, 0.1) is 5.92 Å². The molecule has 0 unspecified atom stereocenters. The Balaban J connectivity index is 1.98. The SMILES string of the molecule is CCOC(=O)C[C@H](C)Cc1nc2ccccc2[nH]1. The number of carbonyl (C=O) groups is 1. The number of rotatable bonds is 5. The quantitative estimate of drug-likeness (QED) is 0.825. The molecule has 18 heavy (non-hydrogen) atoms. The fourth-order valence-electron chi connectivity index (χ4n) is 2.01. The molecule has 0 saturated carbocycles. The lowest BCUT2D eigenvalue weighted by atomic mass is 10.0. The van der Waals surface area contributed by atoms with Crippen molar-refractivity contribution in [2.24, 2.45) is 5.92 Å². The van der Waals surface area contributed by atoms with Gasteiger partial charge in [0.15, 0.2) is 0 Å². The van der Waals surface area contributed by atoms with Gasteiger partial charge >= 0.3 is 5.97 Å². The molecule has 1 atom stereocenters. The number of aromatic nitrogens is 2. The maximum Gasteiger partial charge on any atom is 0.306 e. The summed E-state index contributed by atoms with van der Waals surface area (Å²) >= 11 is 0. The number of esters is 1. The Labute approximate surface area is 106 Å². The number of nitrogens with zero attached hydrogens (tertiary/aromatic N) is 1. The van der Waals surface area contributed by atoms with Crippen molar-refractivity contribution in [1.29, 1.82) is 0 Å². The largest absolute Gasteiger partial charge is 0.466 e. The third kappa shape index (κ3) is 3.09. The summed E-state index contributed by atoms with van der Waals surface area (Å²) in [6.45, 7) is 4.29. The number of para-hydroxylation sites is 2.